The van der Waals surface area contributed by atoms with Crippen LogP contribution in [0.15, 0.2) is 30.3 Å². The second-order valence-electron chi connectivity index (χ2n) is 4.58. The zero-order valence-electron chi connectivity index (χ0n) is 10.2. The van der Waals surface area contributed by atoms with E-state index in [0.29, 0.717) is 0 Å². The molecule has 0 radical (unpaired) electrons. The van der Waals surface area contributed by atoms with Crippen molar-refractivity contribution in [3.63, 3.8) is 0 Å². The maximum Gasteiger partial charge on any atom is 0.321 e. The first-order valence-corrected chi connectivity index (χ1v) is 10.9. The van der Waals surface area contributed by atoms with Crippen LogP contribution in [-0.2, 0) is 8.54 Å². The van der Waals surface area contributed by atoms with Crippen molar-refractivity contribution in [3.05, 3.63) is 30.3 Å². The number of benzene rings is 1. The Kier molecular flexibility index (Phi) is 3.89. The Morgan fingerprint density at radius 3 is 1.93 bits per heavy atom. The maximum atomic E-state index is 6.22. The molecule has 0 aliphatic rings. The van der Waals surface area contributed by atoms with Crippen LogP contribution in [0.2, 0.25) is 26.2 Å². The zero-order valence-corrected chi connectivity index (χ0v) is 12.2. The van der Waals surface area contributed by atoms with Crippen LogP contribution in [-0.4, -0.2) is 24.0 Å². The van der Waals surface area contributed by atoms with E-state index in [1.54, 1.807) is 7.11 Å². The quantitative estimate of drug-likeness (QED) is 0.753. The van der Waals surface area contributed by atoms with Gasteiger partial charge in [-0.2, -0.15) is 0 Å². The van der Waals surface area contributed by atoms with Gasteiger partial charge in [-0.3, -0.25) is 0 Å². The van der Waals surface area contributed by atoms with E-state index in [1.807, 2.05) is 6.07 Å². The number of hydrogen-bond acceptors (Lipinski definition) is 2. The molecular formula is C11H20O2Si2. The van der Waals surface area contributed by atoms with Gasteiger partial charge in [-0.1, -0.05) is 30.3 Å². The summed E-state index contributed by atoms with van der Waals surface area (Å²) in [7, 11) is -2.00. The topological polar surface area (TPSA) is 18.5 Å². The van der Waals surface area contributed by atoms with Crippen molar-refractivity contribution in [1.82, 2.24) is 0 Å². The molecule has 0 bridgehead atoms. The lowest BCUT2D eigenvalue weighted by molar-refractivity contribution is 0.313. The van der Waals surface area contributed by atoms with Gasteiger partial charge < -0.3 is 8.54 Å². The van der Waals surface area contributed by atoms with E-state index in [4.69, 9.17) is 8.54 Å². The Labute approximate surface area is 94.6 Å². The highest BCUT2D eigenvalue weighted by Crippen LogP contribution is 2.14. The molecule has 0 amide bonds. The van der Waals surface area contributed by atoms with Gasteiger partial charge >= 0.3 is 8.56 Å². The average molecular weight is 240 g/mol. The van der Waals surface area contributed by atoms with Gasteiger partial charge in [-0.15, -0.1) is 0 Å². The molecule has 0 unspecified atom stereocenters. The van der Waals surface area contributed by atoms with Crippen LogP contribution in [0.1, 0.15) is 0 Å². The molecule has 1 rings (SSSR count). The van der Waals surface area contributed by atoms with E-state index in [9.17, 15) is 0 Å². The summed E-state index contributed by atoms with van der Waals surface area (Å²) in [4.78, 5) is 0. The molecule has 0 N–H and O–H groups in total. The second kappa shape index (κ2) is 4.61. The minimum Gasteiger partial charge on any atom is -0.432 e. The van der Waals surface area contributed by atoms with Crippen LogP contribution >= 0.6 is 0 Å². The molecule has 0 aliphatic carbocycles. The van der Waals surface area contributed by atoms with E-state index < -0.39 is 16.9 Å². The minimum atomic E-state index is -1.93. The molecule has 0 saturated heterocycles. The van der Waals surface area contributed by atoms with E-state index in [1.165, 1.54) is 5.19 Å². The maximum absolute atomic E-state index is 6.22. The van der Waals surface area contributed by atoms with Crippen molar-refractivity contribution < 1.29 is 8.54 Å². The third-order valence-corrected chi connectivity index (χ3v) is 9.18. The first-order chi connectivity index (χ1) is 6.87. The van der Waals surface area contributed by atoms with Crippen LogP contribution < -0.4 is 5.19 Å². The Bertz CT molecular complexity index is 310. The molecule has 0 atom stereocenters. The van der Waals surface area contributed by atoms with Crippen molar-refractivity contribution in [1.29, 1.82) is 0 Å². The molecule has 84 valence electrons. The summed E-state index contributed by atoms with van der Waals surface area (Å²) in [5.74, 6) is 0. The summed E-state index contributed by atoms with van der Waals surface area (Å²) >= 11 is 0. The third-order valence-electron chi connectivity index (χ3n) is 2.46. The SMILES string of the molecule is CO[Si](C)(C)O[Si](C)(C)c1ccccc1. The molecule has 0 aromatic heterocycles. The molecule has 4 heteroatoms. The molecule has 0 saturated carbocycles. The van der Waals surface area contributed by atoms with Crippen LogP contribution in [0.25, 0.3) is 0 Å². The fourth-order valence-electron chi connectivity index (χ4n) is 1.55. The van der Waals surface area contributed by atoms with Gasteiger partial charge in [0.1, 0.15) is 0 Å². The van der Waals surface area contributed by atoms with Gasteiger partial charge in [-0.25, -0.2) is 0 Å². The third kappa shape index (κ3) is 3.57. The van der Waals surface area contributed by atoms with E-state index in [0.717, 1.165) is 0 Å². The highest BCUT2D eigenvalue weighted by Gasteiger charge is 2.35. The normalized spacial score (nSPS) is 12.9. The lowest BCUT2D eigenvalue weighted by Gasteiger charge is -2.32. The number of rotatable bonds is 4. The molecule has 2 nitrogen and oxygen atoms in total. The predicted molar refractivity (Wildman–Crippen MR) is 69.1 cm³/mol. The molecule has 0 aliphatic heterocycles. The second-order valence-corrected chi connectivity index (χ2v) is 12.2. The van der Waals surface area contributed by atoms with Crippen molar-refractivity contribution in [2.45, 2.75) is 26.2 Å². The molecule has 1 aromatic rings. The smallest absolute Gasteiger partial charge is 0.321 e. The van der Waals surface area contributed by atoms with E-state index in [2.05, 4.69) is 50.5 Å². The van der Waals surface area contributed by atoms with Crippen molar-refractivity contribution in [3.8, 4) is 0 Å². The van der Waals surface area contributed by atoms with E-state index >= 15 is 0 Å². The molecule has 1 aromatic carbocycles. The Balaban J connectivity index is 2.85. The summed E-state index contributed by atoms with van der Waals surface area (Å²) in [5, 5.41) is 1.32. The molecular weight excluding hydrogens is 220 g/mol. The van der Waals surface area contributed by atoms with Crippen LogP contribution in [0.4, 0.5) is 0 Å². The highest BCUT2D eigenvalue weighted by molar-refractivity contribution is 6.90. The average Bonchev–Trinajstić information content (AvgIpc) is 2.18. The first kappa shape index (κ1) is 12.6. The highest BCUT2D eigenvalue weighted by atomic mass is 28.4. The molecule has 0 spiro atoms. The fourth-order valence-corrected chi connectivity index (χ4v) is 8.27. The van der Waals surface area contributed by atoms with Crippen LogP contribution in [0, 0.1) is 0 Å². The van der Waals surface area contributed by atoms with Gasteiger partial charge in [0.25, 0.3) is 0 Å². The summed E-state index contributed by atoms with van der Waals surface area (Å²) < 4.78 is 11.7. The first-order valence-electron chi connectivity index (χ1n) is 5.18. The van der Waals surface area contributed by atoms with Gasteiger partial charge in [-0.05, 0) is 31.4 Å². The Morgan fingerprint density at radius 2 is 1.47 bits per heavy atom. The molecule has 0 fully saturated rings. The summed E-state index contributed by atoms with van der Waals surface area (Å²) in [6.45, 7) is 8.61. The van der Waals surface area contributed by atoms with Crippen molar-refractivity contribution in [2.75, 3.05) is 7.11 Å². The van der Waals surface area contributed by atoms with Crippen molar-refractivity contribution >= 4 is 22.1 Å². The standard InChI is InChI=1S/C11H20O2Si2/c1-12-15(4,5)13-14(2,3)11-9-7-6-8-10-11/h6-10H,1-5H3. The van der Waals surface area contributed by atoms with Gasteiger partial charge in [0.05, 0.1) is 0 Å². The Morgan fingerprint density at radius 1 is 0.933 bits per heavy atom. The van der Waals surface area contributed by atoms with Crippen molar-refractivity contribution in [2.24, 2.45) is 0 Å². The number of hydrogen-bond donors (Lipinski definition) is 0. The van der Waals surface area contributed by atoms with Gasteiger partial charge in [0.15, 0.2) is 0 Å². The zero-order chi connectivity index (χ0) is 11.5. The van der Waals surface area contributed by atoms with Gasteiger partial charge in [0.2, 0.25) is 8.32 Å². The largest absolute Gasteiger partial charge is 0.432 e. The van der Waals surface area contributed by atoms with E-state index in [-0.39, 0.29) is 0 Å². The van der Waals surface area contributed by atoms with Crippen LogP contribution in [0.3, 0.4) is 0 Å². The lowest BCUT2D eigenvalue weighted by Crippen LogP contribution is -2.53. The summed E-state index contributed by atoms with van der Waals surface area (Å²) in [5.41, 5.74) is 0. The predicted octanol–water partition coefficient (Wildman–Crippen LogP) is 2.46. The summed E-state index contributed by atoms with van der Waals surface area (Å²) in [6, 6.07) is 10.5. The molecule has 15 heavy (non-hydrogen) atoms. The minimum absolute atomic E-state index is 1.32. The summed E-state index contributed by atoms with van der Waals surface area (Å²) in [6.07, 6.45) is 0. The molecule has 0 heterocycles. The lowest BCUT2D eigenvalue weighted by atomic mass is 10.4. The van der Waals surface area contributed by atoms with Gasteiger partial charge in [0, 0.05) is 7.11 Å². The fraction of sp³-hybridized carbons (Fsp3) is 0.455. The van der Waals surface area contributed by atoms with Crippen LogP contribution in [0.5, 0.6) is 0 Å². The monoisotopic (exact) mass is 240 g/mol. The Hall–Kier alpha value is -0.426.